The minimum Gasteiger partial charge on any atom is -0.493 e. The average Bonchev–Trinajstić information content (AvgIpc) is 2.96. The highest BCUT2D eigenvalue weighted by molar-refractivity contribution is 6.24. The van der Waals surface area contributed by atoms with E-state index in [4.69, 9.17) is 15.2 Å². The first-order valence-electron chi connectivity index (χ1n) is 12.4. The first kappa shape index (κ1) is 27.0. The minimum atomic E-state index is -0.261. The molecule has 4 aromatic rings. The summed E-state index contributed by atoms with van der Waals surface area (Å²) in [5, 5.41) is 5.81. The summed E-state index contributed by atoms with van der Waals surface area (Å²) in [6, 6.07) is 27.4. The maximum absolute atomic E-state index is 13.4. The highest BCUT2D eigenvalue weighted by atomic mass is 16.5. The van der Waals surface area contributed by atoms with E-state index >= 15 is 0 Å². The Morgan fingerprint density at radius 1 is 0.821 bits per heavy atom. The van der Waals surface area contributed by atoms with Crippen molar-refractivity contribution < 1.29 is 19.1 Å². The fraction of sp³-hybridized carbons (Fsp3) is 0.125. The number of aryl methyl sites for hydroxylation is 1. The van der Waals surface area contributed by atoms with Crippen molar-refractivity contribution in [2.75, 3.05) is 25.3 Å². The number of carbonyl (C=O) groups is 2. The number of nitrogen functional groups attached to an aromatic ring is 1. The molecule has 0 aliphatic heterocycles. The van der Waals surface area contributed by atoms with Crippen LogP contribution in [0.25, 0.3) is 11.6 Å². The van der Waals surface area contributed by atoms with E-state index in [2.05, 4.69) is 10.6 Å². The largest absolute Gasteiger partial charge is 0.493 e. The van der Waals surface area contributed by atoms with Gasteiger partial charge < -0.3 is 25.8 Å². The van der Waals surface area contributed by atoms with Crippen molar-refractivity contribution in [1.82, 2.24) is 5.32 Å². The number of amides is 2. The zero-order valence-electron chi connectivity index (χ0n) is 22.2. The Labute approximate surface area is 228 Å². The second-order valence-electron chi connectivity index (χ2n) is 8.96. The SMILES string of the molecule is COc1ccc(C=C(C(=O)NCc2ccc(C(=O)Nc3ccccc3N)cc2)c2ccc(C)cc2)cc1OC. The summed E-state index contributed by atoms with van der Waals surface area (Å²) in [7, 11) is 3.15. The lowest BCUT2D eigenvalue weighted by molar-refractivity contribution is -0.115. The highest BCUT2D eigenvalue weighted by Crippen LogP contribution is 2.29. The van der Waals surface area contributed by atoms with Crippen molar-refractivity contribution in [3.8, 4) is 11.5 Å². The summed E-state index contributed by atoms with van der Waals surface area (Å²) in [5.74, 6) is 0.701. The average molecular weight is 522 g/mol. The maximum atomic E-state index is 13.4. The number of ether oxygens (including phenoxy) is 2. The third-order valence-electron chi connectivity index (χ3n) is 6.20. The maximum Gasteiger partial charge on any atom is 0.255 e. The fourth-order valence-corrected chi connectivity index (χ4v) is 3.98. The van der Waals surface area contributed by atoms with E-state index in [1.54, 1.807) is 50.6 Å². The lowest BCUT2D eigenvalue weighted by Crippen LogP contribution is -2.24. The van der Waals surface area contributed by atoms with Crippen molar-refractivity contribution in [3.63, 3.8) is 0 Å². The zero-order valence-corrected chi connectivity index (χ0v) is 22.2. The summed E-state index contributed by atoms with van der Waals surface area (Å²) in [4.78, 5) is 26.0. The van der Waals surface area contributed by atoms with Crippen LogP contribution < -0.4 is 25.8 Å². The van der Waals surface area contributed by atoms with Crippen LogP contribution in [0.1, 0.15) is 32.6 Å². The van der Waals surface area contributed by atoms with Crippen molar-refractivity contribution >= 4 is 34.8 Å². The van der Waals surface area contributed by atoms with Gasteiger partial charge in [0.1, 0.15) is 0 Å². The smallest absolute Gasteiger partial charge is 0.255 e. The van der Waals surface area contributed by atoms with Gasteiger partial charge in [0.25, 0.3) is 11.8 Å². The van der Waals surface area contributed by atoms with Crippen LogP contribution in [0.2, 0.25) is 0 Å². The Balaban J connectivity index is 1.50. The number of carbonyl (C=O) groups excluding carboxylic acids is 2. The fourth-order valence-electron chi connectivity index (χ4n) is 3.98. The van der Waals surface area contributed by atoms with Gasteiger partial charge in [-0.15, -0.1) is 0 Å². The summed E-state index contributed by atoms with van der Waals surface area (Å²) < 4.78 is 10.8. The second kappa shape index (κ2) is 12.5. The molecule has 0 saturated heterocycles. The Kier molecular flexibility index (Phi) is 8.64. The van der Waals surface area contributed by atoms with E-state index in [1.165, 1.54) is 0 Å². The molecule has 0 spiro atoms. The molecular weight excluding hydrogens is 490 g/mol. The van der Waals surface area contributed by atoms with Gasteiger partial charge in [0.2, 0.25) is 0 Å². The summed E-state index contributed by atoms with van der Waals surface area (Å²) in [6.45, 7) is 2.29. The Hall–Kier alpha value is -5.04. The molecule has 39 heavy (non-hydrogen) atoms. The third kappa shape index (κ3) is 6.84. The number of methoxy groups -OCH3 is 2. The van der Waals surface area contributed by atoms with Gasteiger partial charge in [-0.2, -0.15) is 0 Å². The van der Waals surface area contributed by atoms with Crippen molar-refractivity contribution in [3.05, 3.63) is 119 Å². The van der Waals surface area contributed by atoms with Crippen molar-refractivity contribution in [2.24, 2.45) is 0 Å². The number of rotatable bonds is 9. The molecule has 4 rings (SSSR count). The van der Waals surface area contributed by atoms with Gasteiger partial charge in [0.15, 0.2) is 11.5 Å². The molecule has 4 N–H and O–H groups in total. The predicted molar refractivity (Wildman–Crippen MR) is 156 cm³/mol. The van der Waals surface area contributed by atoms with Crippen LogP contribution in [0.4, 0.5) is 11.4 Å². The van der Waals surface area contributed by atoms with E-state index in [9.17, 15) is 9.59 Å². The van der Waals surface area contributed by atoms with Crippen LogP contribution in [-0.2, 0) is 11.3 Å². The molecule has 0 radical (unpaired) electrons. The molecule has 2 amide bonds. The standard InChI is InChI=1S/C32H31N3O4/c1-21-8-13-24(14-9-21)26(18-23-12-17-29(38-2)30(19-23)39-3)32(37)34-20-22-10-15-25(16-11-22)31(36)35-28-7-5-4-6-27(28)33/h4-19H,20,33H2,1-3H3,(H,34,37)(H,35,36). The number of hydrogen-bond donors (Lipinski definition) is 3. The van der Waals surface area contributed by atoms with Gasteiger partial charge >= 0.3 is 0 Å². The number of para-hydroxylation sites is 2. The predicted octanol–water partition coefficient (Wildman–Crippen LogP) is 5.70. The first-order valence-corrected chi connectivity index (χ1v) is 12.4. The molecule has 4 aromatic carbocycles. The molecule has 0 aromatic heterocycles. The minimum absolute atomic E-state index is 0.227. The van der Waals surface area contributed by atoms with E-state index in [1.807, 2.05) is 67.6 Å². The number of hydrogen-bond acceptors (Lipinski definition) is 5. The monoisotopic (exact) mass is 521 g/mol. The topological polar surface area (TPSA) is 103 Å². The van der Waals surface area contributed by atoms with Gasteiger partial charge in [-0.05, 0) is 66.1 Å². The quantitative estimate of drug-likeness (QED) is 0.149. The first-order chi connectivity index (χ1) is 18.9. The van der Waals surface area contributed by atoms with Gasteiger partial charge in [-0.25, -0.2) is 0 Å². The highest BCUT2D eigenvalue weighted by Gasteiger charge is 2.14. The molecule has 0 aliphatic carbocycles. The van der Waals surface area contributed by atoms with Crippen LogP contribution >= 0.6 is 0 Å². The molecule has 0 bridgehead atoms. The van der Waals surface area contributed by atoms with Crippen LogP contribution in [0.15, 0.2) is 91.0 Å². The van der Waals surface area contributed by atoms with Crippen LogP contribution in [0, 0.1) is 6.92 Å². The zero-order chi connectivity index (χ0) is 27.8. The summed E-state index contributed by atoms with van der Waals surface area (Å²) in [6.07, 6.45) is 1.82. The molecule has 7 nitrogen and oxygen atoms in total. The van der Waals surface area contributed by atoms with Gasteiger partial charge in [-0.3, -0.25) is 9.59 Å². The number of nitrogens with one attached hydrogen (secondary N) is 2. The second-order valence-corrected chi connectivity index (χ2v) is 8.96. The molecular formula is C32H31N3O4. The molecule has 7 heteroatoms. The molecule has 0 heterocycles. The van der Waals surface area contributed by atoms with Gasteiger partial charge in [0.05, 0.1) is 25.6 Å². The van der Waals surface area contributed by atoms with E-state index < -0.39 is 0 Å². The lowest BCUT2D eigenvalue weighted by Gasteiger charge is -2.12. The number of benzene rings is 4. The Morgan fingerprint density at radius 2 is 1.49 bits per heavy atom. The number of anilines is 2. The molecule has 0 unspecified atom stereocenters. The summed E-state index contributed by atoms with van der Waals surface area (Å²) in [5.41, 5.74) is 11.5. The van der Waals surface area contributed by atoms with Gasteiger partial charge in [-0.1, -0.05) is 60.2 Å². The Morgan fingerprint density at radius 3 is 2.15 bits per heavy atom. The molecule has 0 atom stereocenters. The van der Waals surface area contributed by atoms with Crippen molar-refractivity contribution in [1.29, 1.82) is 0 Å². The lowest BCUT2D eigenvalue weighted by atomic mass is 10.0. The van der Waals surface area contributed by atoms with Gasteiger partial charge in [0, 0.05) is 17.7 Å². The van der Waals surface area contributed by atoms with Crippen LogP contribution in [-0.4, -0.2) is 26.0 Å². The summed E-state index contributed by atoms with van der Waals surface area (Å²) >= 11 is 0. The normalized spacial score (nSPS) is 11.0. The molecule has 0 saturated carbocycles. The molecule has 0 fully saturated rings. The van der Waals surface area contributed by atoms with Crippen molar-refractivity contribution in [2.45, 2.75) is 13.5 Å². The molecule has 0 aliphatic rings. The van der Waals surface area contributed by atoms with Crippen LogP contribution in [0.5, 0.6) is 11.5 Å². The van der Waals surface area contributed by atoms with E-state index in [0.717, 1.165) is 22.3 Å². The number of nitrogens with two attached hydrogens (primary N) is 1. The van der Waals surface area contributed by atoms with E-state index in [0.29, 0.717) is 40.6 Å². The molecule has 198 valence electrons. The van der Waals surface area contributed by atoms with Crippen LogP contribution in [0.3, 0.4) is 0 Å². The van der Waals surface area contributed by atoms with E-state index in [-0.39, 0.29) is 11.8 Å². The Bertz CT molecular complexity index is 1490. The third-order valence-corrected chi connectivity index (χ3v) is 6.20.